The molecule has 1 atom stereocenters. The van der Waals surface area contributed by atoms with Crippen molar-refractivity contribution in [1.82, 2.24) is 5.43 Å². The molecule has 0 radical (unpaired) electrons. The average Bonchev–Trinajstić information content (AvgIpc) is 2.99. The number of benzene rings is 1. The zero-order chi connectivity index (χ0) is 18.0. The summed E-state index contributed by atoms with van der Waals surface area (Å²) in [5.41, 5.74) is 3.63. The fourth-order valence-corrected chi connectivity index (χ4v) is 3.89. The lowest BCUT2D eigenvalue weighted by molar-refractivity contribution is -0.384. The highest BCUT2D eigenvalue weighted by Crippen LogP contribution is 2.32. The number of phenols is 1. The fraction of sp³-hybridized carbons (Fsp3) is 0.294. The molecule has 0 fully saturated rings. The smallest absolute Gasteiger partial charge is 0.281 e. The molecule has 0 aliphatic heterocycles. The highest BCUT2D eigenvalue weighted by Gasteiger charge is 2.20. The van der Waals surface area contributed by atoms with Gasteiger partial charge in [0.15, 0.2) is 0 Å². The summed E-state index contributed by atoms with van der Waals surface area (Å²) in [6.45, 7) is 2.20. The van der Waals surface area contributed by atoms with Gasteiger partial charge in [0.2, 0.25) is 0 Å². The van der Waals surface area contributed by atoms with Gasteiger partial charge in [-0.1, -0.05) is 6.92 Å². The van der Waals surface area contributed by atoms with Crippen molar-refractivity contribution in [2.45, 2.75) is 26.2 Å². The number of fused-ring (bicyclic) bond motifs is 1. The Morgan fingerprint density at radius 3 is 3.04 bits per heavy atom. The van der Waals surface area contributed by atoms with Crippen molar-refractivity contribution in [2.24, 2.45) is 11.0 Å². The monoisotopic (exact) mass is 359 g/mol. The molecule has 130 valence electrons. The van der Waals surface area contributed by atoms with Gasteiger partial charge in [0, 0.05) is 22.6 Å². The first kappa shape index (κ1) is 17.1. The van der Waals surface area contributed by atoms with Gasteiger partial charge in [-0.25, -0.2) is 5.43 Å². The maximum Gasteiger partial charge on any atom is 0.281 e. The number of carbonyl (C=O) groups excluding carboxylic acids is 1. The van der Waals surface area contributed by atoms with Crippen LogP contribution >= 0.6 is 11.3 Å². The van der Waals surface area contributed by atoms with Gasteiger partial charge in [-0.3, -0.25) is 14.9 Å². The SMILES string of the molecule is C[C@@H]1CCc2sc(C(=O)N/N=C/c3cc([N+](=O)[O-])ccc3O)cc2C1. The number of rotatable bonds is 4. The molecule has 1 aliphatic rings. The van der Waals surface area contributed by atoms with Crippen LogP contribution in [0.4, 0.5) is 5.69 Å². The Bertz CT molecular complexity index is 860. The van der Waals surface area contributed by atoms with Crippen LogP contribution in [0.1, 0.15) is 39.0 Å². The molecule has 1 aliphatic carbocycles. The number of non-ortho nitro benzene ring substituents is 1. The van der Waals surface area contributed by atoms with E-state index in [2.05, 4.69) is 17.5 Å². The molecule has 7 nitrogen and oxygen atoms in total. The van der Waals surface area contributed by atoms with Crippen molar-refractivity contribution >= 4 is 29.1 Å². The Kier molecular flexibility index (Phi) is 4.80. The molecule has 0 saturated heterocycles. The Morgan fingerprint density at radius 2 is 2.28 bits per heavy atom. The van der Waals surface area contributed by atoms with Gasteiger partial charge in [-0.2, -0.15) is 5.10 Å². The van der Waals surface area contributed by atoms with Crippen molar-refractivity contribution < 1.29 is 14.8 Å². The van der Waals surface area contributed by atoms with E-state index in [1.165, 1.54) is 46.2 Å². The maximum atomic E-state index is 12.2. The summed E-state index contributed by atoms with van der Waals surface area (Å²) in [6, 6.07) is 5.51. The Labute approximate surface area is 148 Å². The van der Waals surface area contributed by atoms with Gasteiger partial charge in [-0.05, 0) is 42.9 Å². The quantitative estimate of drug-likeness (QED) is 0.496. The van der Waals surface area contributed by atoms with E-state index in [9.17, 15) is 20.0 Å². The third kappa shape index (κ3) is 3.85. The maximum absolute atomic E-state index is 12.2. The number of nitrogens with zero attached hydrogens (tertiary/aromatic N) is 2. The predicted octanol–water partition coefficient (Wildman–Crippen LogP) is 3.25. The number of hydrazone groups is 1. The summed E-state index contributed by atoms with van der Waals surface area (Å²) < 4.78 is 0. The second-order valence-corrected chi connectivity index (χ2v) is 7.24. The van der Waals surface area contributed by atoms with Crippen LogP contribution in [-0.4, -0.2) is 22.2 Å². The molecule has 0 spiro atoms. The molecule has 2 aromatic rings. The Morgan fingerprint density at radius 1 is 1.48 bits per heavy atom. The minimum absolute atomic E-state index is 0.149. The van der Waals surface area contributed by atoms with Crippen LogP contribution in [0, 0.1) is 16.0 Å². The molecule has 1 aromatic carbocycles. The number of hydrogen-bond acceptors (Lipinski definition) is 6. The van der Waals surface area contributed by atoms with Crippen molar-refractivity contribution in [2.75, 3.05) is 0 Å². The number of nitrogens with one attached hydrogen (secondary N) is 1. The number of aryl methyl sites for hydroxylation is 1. The van der Waals surface area contributed by atoms with Crippen molar-refractivity contribution in [3.05, 3.63) is 55.3 Å². The number of nitro groups is 1. The molecule has 1 amide bonds. The summed E-state index contributed by atoms with van der Waals surface area (Å²) in [5.74, 6) is 0.158. The lowest BCUT2D eigenvalue weighted by atomic mass is 9.90. The standard InChI is InChI=1S/C17H17N3O4S/c1-10-2-5-15-11(6-10)8-16(25-15)17(22)19-18-9-12-7-13(20(23)24)3-4-14(12)21/h3-4,7-10,21H,2,5-6H2,1H3,(H,19,22)/b18-9+/t10-/m1/s1. The van der Waals surface area contributed by atoms with Crippen LogP contribution in [0.3, 0.4) is 0 Å². The number of thiophene rings is 1. The van der Waals surface area contributed by atoms with E-state index in [4.69, 9.17) is 0 Å². The normalized spacial score (nSPS) is 16.6. The molecule has 2 N–H and O–H groups in total. The minimum Gasteiger partial charge on any atom is -0.507 e. The van der Waals surface area contributed by atoms with Gasteiger partial charge in [0.05, 0.1) is 16.0 Å². The molecule has 1 aromatic heterocycles. The molecule has 0 saturated carbocycles. The second-order valence-electron chi connectivity index (χ2n) is 6.11. The zero-order valence-corrected chi connectivity index (χ0v) is 14.4. The molecule has 0 bridgehead atoms. The lowest BCUT2D eigenvalue weighted by Gasteiger charge is -2.16. The van der Waals surface area contributed by atoms with Gasteiger partial charge in [-0.15, -0.1) is 11.3 Å². The zero-order valence-electron chi connectivity index (χ0n) is 13.6. The molecule has 3 rings (SSSR count). The van der Waals surface area contributed by atoms with E-state index in [0.717, 1.165) is 19.3 Å². The number of carbonyl (C=O) groups is 1. The third-order valence-corrected chi connectivity index (χ3v) is 5.38. The first-order chi connectivity index (χ1) is 11.9. The molecular weight excluding hydrogens is 342 g/mol. The largest absolute Gasteiger partial charge is 0.507 e. The number of nitro benzene ring substituents is 1. The van der Waals surface area contributed by atoms with Crippen LogP contribution in [0.25, 0.3) is 0 Å². The van der Waals surface area contributed by atoms with E-state index in [1.807, 2.05) is 6.07 Å². The molecule has 1 heterocycles. The molecule has 8 heteroatoms. The lowest BCUT2D eigenvalue weighted by Crippen LogP contribution is -2.16. The highest BCUT2D eigenvalue weighted by atomic mass is 32.1. The summed E-state index contributed by atoms with van der Waals surface area (Å²) in [5, 5.41) is 24.3. The predicted molar refractivity (Wildman–Crippen MR) is 95.3 cm³/mol. The van der Waals surface area contributed by atoms with Crippen LogP contribution < -0.4 is 5.43 Å². The van der Waals surface area contributed by atoms with Gasteiger partial charge >= 0.3 is 0 Å². The summed E-state index contributed by atoms with van der Waals surface area (Å²) >= 11 is 1.48. The second kappa shape index (κ2) is 7.02. The molecule has 25 heavy (non-hydrogen) atoms. The third-order valence-electron chi connectivity index (χ3n) is 4.14. The molecular formula is C17H17N3O4S. The molecule has 0 unspecified atom stereocenters. The van der Waals surface area contributed by atoms with Crippen molar-refractivity contribution in [1.29, 1.82) is 0 Å². The summed E-state index contributed by atoms with van der Waals surface area (Å²) in [4.78, 5) is 24.3. The van der Waals surface area contributed by atoms with Gasteiger partial charge in [0.1, 0.15) is 5.75 Å². The number of phenolic OH excluding ortho intramolecular Hbond substituents is 1. The topological polar surface area (TPSA) is 105 Å². The van der Waals surface area contributed by atoms with E-state index < -0.39 is 4.92 Å². The summed E-state index contributed by atoms with van der Waals surface area (Å²) in [7, 11) is 0. The number of aromatic hydroxyl groups is 1. The average molecular weight is 359 g/mol. The van der Waals surface area contributed by atoms with Gasteiger partial charge in [0.25, 0.3) is 11.6 Å². The first-order valence-electron chi connectivity index (χ1n) is 7.86. The van der Waals surface area contributed by atoms with E-state index in [1.54, 1.807) is 0 Å². The van der Waals surface area contributed by atoms with Crippen LogP contribution in [-0.2, 0) is 12.8 Å². The van der Waals surface area contributed by atoms with Gasteiger partial charge < -0.3 is 5.11 Å². The van der Waals surface area contributed by atoms with E-state index in [-0.39, 0.29) is 22.9 Å². The number of hydrogen-bond donors (Lipinski definition) is 2. The van der Waals surface area contributed by atoms with E-state index in [0.29, 0.717) is 10.8 Å². The summed E-state index contributed by atoms with van der Waals surface area (Å²) in [6.07, 6.45) is 4.32. The minimum atomic E-state index is -0.563. The highest BCUT2D eigenvalue weighted by molar-refractivity contribution is 7.14. The Balaban J connectivity index is 1.69. The Hall–Kier alpha value is -2.74. The van der Waals surface area contributed by atoms with Crippen LogP contribution in [0.2, 0.25) is 0 Å². The van der Waals surface area contributed by atoms with E-state index >= 15 is 0 Å². The van der Waals surface area contributed by atoms with Crippen molar-refractivity contribution in [3.8, 4) is 5.75 Å². The van der Waals surface area contributed by atoms with Crippen molar-refractivity contribution in [3.63, 3.8) is 0 Å². The van der Waals surface area contributed by atoms with Crippen LogP contribution in [0.5, 0.6) is 5.75 Å². The first-order valence-corrected chi connectivity index (χ1v) is 8.68. The number of amides is 1. The fourth-order valence-electron chi connectivity index (χ4n) is 2.79. The van der Waals surface area contributed by atoms with Crippen LogP contribution in [0.15, 0.2) is 29.4 Å².